The molecule has 0 bridgehead atoms. The summed E-state index contributed by atoms with van der Waals surface area (Å²) in [7, 11) is 1.46. The van der Waals surface area contributed by atoms with Crippen LogP contribution in [0.15, 0.2) is 18.5 Å². The Labute approximate surface area is 192 Å². The number of hydrogen-bond acceptors (Lipinski definition) is 10. The van der Waals surface area contributed by atoms with E-state index in [1.165, 1.54) is 13.4 Å². The number of ether oxygens (including phenoxy) is 4. The molecular weight excluding hydrogens is 430 g/mol. The molecule has 0 aromatic carbocycles. The molecule has 180 valence electrons. The summed E-state index contributed by atoms with van der Waals surface area (Å²) in [6.45, 7) is 2.99. The second-order valence-electron chi connectivity index (χ2n) is 8.67. The molecular formula is C22H31N5O6. The third-order valence-electron chi connectivity index (χ3n) is 5.71. The fraction of sp³-hybridized carbons (Fsp3) is 0.636. The van der Waals surface area contributed by atoms with E-state index in [9.17, 15) is 10.1 Å². The third kappa shape index (κ3) is 6.31. The minimum absolute atomic E-state index is 0.0787. The van der Waals surface area contributed by atoms with Gasteiger partial charge in [-0.2, -0.15) is 10.4 Å². The van der Waals surface area contributed by atoms with E-state index in [0.717, 1.165) is 31.4 Å². The number of fused-ring (bicyclic) bond motifs is 1. The number of nitrogen functional groups attached to an aromatic ring is 1. The smallest absolute Gasteiger partial charge is 0.431 e. The van der Waals surface area contributed by atoms with Crippen molar-refractivity contribution in [2.75, 3.05) is 19.5 Å². The number of rotatable bonds is 5. The number of nitrogens with zero attached hydrogens (tertiary/aromatic N) is 4. The van der Waals surface area contributed by atoms with E-state index in [-0.39, 0.29) is 18.8 Å². The average molecular weight is 462 g/mol. The Morgan fingerprint density at radius 1 is 1.39 bits per heavy atom. The summed E-state index contributed by atoms with van der Waals surface area (Å²) < 4.78 is 22.6. The van der Waals surface area contributed by atoms with Gasteiger partial charge in [0.05, 0.1) is 5.69 Å². The Morgan fingerprint density at radius 3 is 2.73 bits per heavy atom. The van der Waals surface area contributed by atoms with Crippen molar-refractivity contribution in [3.8, 4) is 6.07 Å². The van der Waals surface area contributed by atoms with E-state index in [0.29, 0.717) is 24.2 Å². The molecule has 4 rings (SSSR count). The van der Waals surface area contributed by atoms with Crippen LogP contribution in [0.1, 0.15) is 64.2 Å². The van der Waals surface area contributed by atoms with Gasteiger partial charge in [-0.25, -0.2) is 14.3 Å². The van der Waals surface area contributed by atoms with Crippen LogP contribution in [0.25, 0.3) is 5.52 Å². The van der Waals surface area contributed by atoms with Gasteiger partial charge < -0.3 is 29.8 Å². The van der Waals surface area contributed by atoms with E-state index < -0.39 is 17.5 Å². The second kappa shape index (κ2) is 10.3. The van der Waals surface area contributed by atoms with Crippen molar-refractivity contribution in [2.24, 2.45) is 0 Å². The maximum atomic E-state index is 11.9. The number of carbonyl (C=O) groups is 1. The van der Waals surface area contributed by atoms with Crippen LogP contribution < -0.4 is 5.73 Å². The molecule has 0 amide bonds. The lowest BCUT2D eigenvalue weighted by Gasteiger charge is -2.22. The summed E-state index contributed by atoms with van der Waals surface area (Å²) in [6.07, 6.45) is 5.10. The molecule has 33 heavy (non-hydrogen) atoms. The molecule has 1 aliphatic carbocycles. The minimum atomic E-state index is -1.19. The first-order chi connectivity index (χ1) is 15.7. The SMILES string of the molecule is COC(C)(C)O.N#C[C@@]1(COC(=O)OC2CCCC2)CCC(c2ccc3c(N)ncnn23)O1. The lowest BCUT2D eigenvalue weighted by Crippen LogP contribution is -2.34. The first-order valence-corrected chi connectivity index (χ1v) is 10.9. The number of hydrogen-bond donors (Lipinski definition) is 2. The van der Waals surface area contributed by atoms with Crippen molar-refractivity contribution >= 4 is 17.5 Å². The van der Waals surface area contributed by atoms with Gasteiger partial charge in [0.2, 0.25) is 0 Å². The standard InChI is InChI=1S/C18H21N5O4.C4H10O2/c19-9-18(10-25-17(24)26-12-3-1-2-4-12)8-7-15(27-18)13-5-6-14-16(20)21-11-22-23(13)14;1-4(2,5)6-3/h5-6,11-12,15H,1-4,7-8,10H2,(H2,20,21,22);5H,1-3H3/t15?,18-;/m1./s1. The summed E-state index contributed by atoms with van der Waals surface area (Å²) >= 11 is 0. The van der Waals surface area contributed by atoms with E-state index in [2.05, 4.69) is 20.9 Å². The Bertz CT molecular complexity index is 991. The number of nitrogens with two attached hydrogens (primary N) is 1. The van der Waals surface area contributed by atoms with Gasteiger partial charge in [0.15, 0.2) is 17.2 Å². The van der Waals surface area contributed by atoms with Crippen LogP contribution in [0.3, 0.4) is 0 Å². The molecule has 11 heteroatoms. The van der Waals surface area contributed by atoms with E-state index >= 15 is 0 Å². The number of nitriles is 1. The number of aliphatic hydroxyl groups is 1. The summed E-state index contributed by atoms with van der Waals surface area (Å²) in [4.78, 5) is 15.9. The topological polar surface area (TPSA) is 154 Å². The molecule has 2 aromatic rings. The molecule has 1 saturated heterocycles. The lowest BCUT2D eigenvalue weighted by molar-refractivity contribution is -0.155. The molecule has 3 heterocycles. The number of aromatic nitrogens is 3. The molecule has 1 saturated carbocycles. The summed E-state index contributed by atoms with van der Waals surface area (Å²) in [5.41, 5.74) is 6.13. The van der Waals surface area contributed by atoms with Gasteiger partial charge in [0, 0.05) is 7.11 Å². The third-order valence-corrected chi connectivity index (χ3v) is 5.71. The summed E-state index contributed by atoms with van der Waals surface area (Å²) in [5.74, 6) is -0.584. The molecule has 2 atom stereocenters. The fourth-order valence-electron chi connectivity index (χ4n) is 3.75. The Morgan fingerprint density at radius 2 is 2.09 bits per heavy atom. The van der Waals surface area contributed by atoms with Crippen LogP contribution in [0.5, 0.6) is 0 Å². The molecule has 1 unspecified atom stereocenters. The summed E-state index contributed by atoms with van der Waals surface area (Å²) in [6, 6.07) is 5.83. The summed E-state index contributed by atoms with van der Waals surface area (Å²) in [5, 5.41) is 22.4. The highest BCUT2D eigenvalue weighted by Crippen LogP contribution is 2.40. The molecule has 0 spiro atoms. The molecule has 2 aromatic heterocycles. The second-order valence-corrected chi connectivity index (χ2v) is 8.67. The van der Waals surface area contributed by atoms with E-state index in [1.807, 2.05) is 12.1 Å². The Hall–Kier alpha value is -2.94. The van der Waals surface area contributed by atoms with Crippen LogP contribution in [-0.4, -0.2) is 57.1 Å². The molecule has 3 N–H and O–H groups in total. The molecule has 2 fully saturated rings. The maximum Gasteiger partial charge on any atom is 0.508 e. The van der Waals surface area contributed by atoms with Gasteiger partial charge in [-0.05, 0) is 64.5 Å². The van der Waals surface area contributed by atoms with Gasteiger partial charge in [0.1, 0.15) is 36.7 Å². The number of anilines is 1. The predicted molar refractivity (Wildman–Crippen MR) is 117 cm³/mol. The number of methoxy groups -OCH3 is 1. The van der Waals surface area contributed by atoms with E-state index in [4.69, 9.17) is 25.1 Å². The van der Waals surface area contributed by atoms with Gasteiger partial charge in [0.25, 0.3) is 0 Å². The van der Waals surface area contributed by atoms with Crippen molar-refractivity contribution in [3.63, 3.8) is 0 Å². The van der Waals surface area contributed by atoms with Crippen molar-refractivity contribution in [1.29, 1.82) is 5.26 Å². The highest BCUT2D eigenvalue weighted by Gasteiger charge is 2.43. The van der Waals surface area contributed by atoms with Gasteiger partial charge in [-0.3, -0.25) is 0 Å². The normalized spacial score (nSPS) is 23.1. The molecule has 2 aliphatic rings. The zero-order valence-electron chi connectivity index (χ0n) is 19.2. The quantitative estimate of drug-likeness (QED) is 0.501. The average Bonchev–Trinajstić information content (AvgIpc) is 3.53. The predicted octanol–water partition coefficient (Wildman–Crippen LogP) is 2.88. The van der Waals surface area contributed by atoms with Crippen molar-refractivity contribution in [3.05, 3.63) is 24.2 Å². The van der Waals surface area contributed by atoms with Crippen molar-refractivity contribution in [2.45, 2.75) is 76.0 Å². The van der Waals surface area contributed by atoms with Crippen molar-refractivity contribution < 1.29 is 28.8 Å². The van der Waals surface area contributed by atoms with Crippen LogP contribution in [0.4, 0.5) is 10.6 Å². The van der Waals surface area contributed by atoms with Gasteiger partial charge in [-0.1, -0.05) is 0 Å². The molecule has 0 radical (unpaired) electrons. The van der Waals surface area contributed by atoms with Crippen LogP contribution >= 0.6 is 0 Å². The first-order valence-electron chi connectivity index (χ1n) is 10.9. The monoisotopic (exact) mass is 461 g/mol. The van der Waals surface area contributed by atoms with Crippen LogP contribution in [0.2, 0.25) is 0 Å². The maximum absolute atomic E-state index is 11.9. The van der Waals surface area contributed by atoms with E-state index in [1.54, 1.807) is 18.4 Å². The van der Waals surface area contributed by atoms with Crippen molar-refractivity contribution in [1.82, 2.24) is 14.6 Å². The zero-order valence-corrected chi connectivity index (χ0v) is 19.2. The minimum Gasteiger partial charge on any atom is -0.431 e. The molecule has 11 nitrogen and oxygen atoms in total. The molecule has 1 aliphatic heterocycles. The van der Waals surface area contributed by atoms with Crippen LogP contribution in [0, 0.1) is 11.3 Å². The lowest BCUT2D eigenvalue weighted by atomic mass is 10.0. The zero-order chi connectivity index (χ0) is 24.1. The first kappa shape index (κ1) is 24.7. The number of carbonyl (C=O) groups excluding carboxylic acids is 1. The largest absolute Gasteiger partial charge is 0.508 e. The highest BCUT2D eigenvalue weighted by atomic mass is 16.7. The van der Waals surface area contributed by atoms with Gasteiger partial charge in [-0.15, -0.1) is 0 Å². The highest BCUT2D eigenvalue weighted by molar-refractivity contribution is 5.65. The fourth-order valence-corrected chi connectivity index (χ4v) is 3.75. The van der Waals surface area contributed by atoms with Crippen LogP contribution in [-0.2, 0) is 18.9 Å². The Balaban J connectivity index is 0.000000454. The Kier molecular flexibility index (Phi) is 7.73. The van der Waals surface area contributed by atoms with Gasteiger partial charge >= 0.3 is 6.16 Å².